The second-order valence-electron chi connectivity index (χ2n) is 18.8. The average Bonchev–Trinajstić information content (AvgIpc) is 3.66. The van der Waals surface area contributed by atoms with Gasteiger partial charge in [-0.05, 0) is 142 Å². The quantitative estimate of drug-likeness (QED) is 0.118. The topological polar surface area (TPSA) is 46.4 Å². The number of aromatic nitrogens is 3. The number of nitrogens with zero attached hydrogens (tertiary/aromatic N) is 5. The van der Waals surface area contributed by atoms with Gasteiger partial charge in [-0.3, -0.25) is 4.98 Å². The molecule has 4 heterocycles. The van der Waals surface area contributed by atoms with E-state index in [9.17, 15) is 0 Å². The number of hydrogen-bond donors (Lipinski definition) is 0. The molecule has 332 valence electrons. The Balaban J connectivity index is 0.00000525. The third-order valence-corrected chi connectivity index (χ3v) is 13.6. The van der Waals surface area contributed by atoms with Gasteiger partial charge in [-0.25, -0.2) is 4.98 Å². The molecule has 9 aromatic rings. The smallest absolute Gasteiger partial charge is 0.466 e. The molecule has 11 rings (SSSR count). The molecular weight excluding hydrogens is 1000 g/mol. The van der Waals surface area contributed by atoms with Crippen LogP contribution in [0.1, 0.15) is 69.8 Å². The average molecular weight is 1050 g/mol. The number of rotatable bonds is 7. The zero-order chi connectivity index (χ0) is 45.7. The first kappa shape index (κ1) is 44.2. The van der Waals surface area contributed by atoms with E-state index in [0.717, 1.165) is 61.8 Å². The molecule has 0 spiro atoms. The van der Waals surface area contributed by atoms with Crippen molar-refractivity contribution in [2.24, 2.45) is 0 Å². The molecule has 0 bridgehead atoms. The Morgan fingerprint density at radius 1 is 0.552 bits per heavy atom. The van der Waals surface area contributed by atoms with Crippen LogP contribution in [-0.4, -0.2) is 21.2 Å². The molecule has 2 aliphatic rings. The number of ether oxygens (including phenoxy) is 1. The van der Waals surface area contributed by atoms with Gasteiger partial charge < -0.3 is 19.1 Å². The van der Waals surface area contributed by atoms with Crippen LogP contribution in [0.2, 0.25) is 0 Å². The van der Waals surface area contributed by atoms with Crippen LogP contribution in [0.3, 0.4) is 0 Å². The van der Waals surface area contributed by atoms with Crippen molar-refractivity contribution in [3.05, 3.63) is 190 Å². The molecule has 0 aliphatic carbocycles. The largest absolute Gasteiger partial charge is 2.00 e. The van der Waals surface area contributed by atoms with Crippen LogP contribution in [-0.2, 0) is 21.1 Å². The minimum atomic E-state index is -0.262. The van der Waals surface area contributed by atoms with Gasteiger partial charge in [0.15, 0.2) is 0 Å². The third-order valence-electron chi connectivity index (χ3n) is 13.6. The van der Waals surface area contributed by atoms with E-state index in [1.807, 2.05) is 18.3 Å². The Morgan fingerprint density at radius 3 is 1.73 bits per heavy atom. The van der Waals surface area contributed by atoms with Crippen molar-refractivity contribution >= 4 is 68.3 Å². The molecule has 0 saturated carbocycles. The molecule has 0 unspecified atom stereocenters. The Bertz CT molecular complexity index is 3380. The molecule has 8 heteroatoms. The summed E-state index contributed by atoms with van der Waals surface area (Å²) in [6, 6.07) is 51.9. The summed E-state index contributed by atoms with van der Waals surface area (Å²) in [5.41, 5.74) is 24.9. The van der Waals surface area contributed by atoms with Crippen molar-refractivity contribution in [1.29, 1.82) is 0 Å². The van der Waals surface area contributed by atoms with E-state index in [0.29, 0.717) is 17.5 Å². The molecule has 6 nitrogen and oxygen atoms in total. The number of fused-ring (bicyclic) bond motifs is 5. The summed E-state index contributed by atoms with van der Waals surface area (Å²) in [6.45, 7) is 21.8. The molecule has 2 aromatic heterocycles. The van der Waals surface area contributed by atoms with E-state index in [4.69, 9.17) is 9.72 Å². The van der Waals surface area contributed by atoms with Crippen molar-refractivity contribution in [2.75, 3.05) is 9.80 Å². The van der Waals surface area contributed by atoms with Gasteiger partial charge in [0.05, 0.1) is 16.9 Å². The maximum atomic E-state index is 6.68. The summed E-state index contributed by atoms with van der Waals surface area (Å²) in [5.74, 6) is 2.35. The molecular formula is C59H52BN5OPt. The summed E-state index contributed by atoms with van der Waals surface area (Å²) >= 11 is 0. The predicted molar refractivity (Wildman–Crippen MR) is 274 cm³/mol. The van der Waals surface area contributed by atoms with E-state index in [1.54, 1.807) is 0 Å². The van der Waals surface area contributed by atoms with Crippen molar-refractivity contribution in [1.82, 2.24) is 14.5 Å². The maximum Gasteiger partial charge on any atom is 2.00 e. The molecule has 0 N–H and O–H groups in total. The molecule has 7 aromatic carbocycles. The van der Waals surface area contributed by atoms with E-state index in [2.05, 4.69) is 210 Å². The number of anilines is 6. The van der Waals surface area contributed by atoms with Gasteiger partial charge in [0.2, 0.25) is 12.6 Å². The Kier molecular flexibility index (Phi) is 11.1. The molecule has 2 aliphatic heterocycles. The normalized spacial score (nSPS) is 12.6. The molecule has 67 heavy (non-hydrogen) atoms. The number of pyridine rings is 1. The fourth-order valence-electron chi connectivity index (χ4n) is 11.0. The van der Waals surface area contributed by atoms with Gasteiger partial charge in [0.25, 0.3) is 0 Å². The molecule has 0 radical (unpaired) electrons. The SMILES string of the molecule is Cc1cc(C)c(N2c3ccc(Oc4cc(C(C)C)ccn4)[c-]c3B3c4[c-]c(-c5nc6ccccc6n5-c5c(C)cccc5C)ccc4N(c4c(C)cc(C)cc4C)c4cccc2c43)c(C)c1.[Pt+2]. The molecule has 0 atom stereocenters. The van der Waals surface area contributed by atoms with E-state index >= 15 is 0 Å². The second-order valence-corrected chi connectivity index (χ2v) is 18.8. The van der Waals surface area contributed by atoms with Crippen molar-refractivity contribution in [3.8, 4) is 28.7 Å². The van der Waals surface area contributed by atoms with E-state index in [-0.39, 0.29) is 27.8 Å². The standard InChI is InChI=1S/C59H52BN5O.Pt/c1-34(2)43-25-26-61-54(32-43)66-45-22-24-50-47(33-45)60-46-31-44(59-62-48-17-11-12-18-51(48)65(59)56-37(5)15-13-16-38(56)6)21-23-49(46)63(57-39(7)27-35(3)28-40(57)8)52-19-14-20-53(55(52)60)64(50)58-41(9)29-36(4)30-42(58)10;/h11-30,32,34H,1-10H3;/q-2;+2. The number of hydrogen-bond acceptors (Lipinski definition) is 5. The molecule has 0 saturated heterocycles. The van der Waals surface area contributed by atoms with Gasteiger partial charge in [0.1, 0.15) is 0 Å². The van der Waals surface area contributed by atoms with Crippen LogP contribution in [0.15, 0.2) is 128 Å². The monoisotopic (exact) mass is 1050 g/mol. The van der Waals surface area contributed by atoms with Gasteiger partial charge in [-0.1, -0.05) is 91.3 Å². The molecule has 0 fully saturated rings. The third kappa shape index (κ3) is 7.22. The van der Waals surface area contributed by atoms with Gasteiger partial charge >= 0.3 is 21.1 Å². The predicted octanol–water partition coefficient (Wildman–Crippen LogP) is 13.2. The Labute approximate surface area is 409 Å². The first-order valence-electron chi connectivity index (χ1n) is 23.1. The number of benzene rings is 7. The zero-order valence-electron chi connectivity index (χ0n) is 39.7. The zero-order valence-corrected chi connectivity index (χ0v) is 42.0. The van der Waals surface area contributed by atoms with E-state index < -0.39 is 0 Å². The first-order valence-corrected chi connectivity index (χ1v) is 23.1. The maximum absolute atomic E-state index is 6.68. The first-order chi connectivity index (χ1) is 31.9. The van der Waals surface area contributed by atoms with Crippen molar-refractivity contribution in [3.63, 3.8) is 0 Å². The Hall–Kier alpha value is -6.69. The summed E-state index contributed by atoms with van der Waals surface area (Å²) in [5, 5.41) is 0. The van der Waals surface area contributed by atoms with Crippen LogP contribution in [0, 0.1) is 67.5 Å². The minimum Gasteiger partial charge on any atom is -0.466 e. The van der Waals surface area contributed by atoms with Crippen LogP contribution in [0.5, 0.6) is 11.6 Å². The van der Waals surface area contributed by atoms with E-state index in [1.165, 1.54) is 66.9 Å². The summed E-state index contributed by atoms with van der Waals surface area (Å²) in [7, 11) is 0. The van der Waals surface area contributed by atoms with Gasteiger partial charge in [0, 0.05) is 46.4 Å². The summed E-state index contributed by atoms with van der Waals surface area (Å²) < 4.78 is 9.02. The number of aryl methyl sites for hydroxylation is 8. The Morgan fingerprint density at radius 2 is 1.12 bits per heavy atom. The second kappa shape index (κ2) is 16.9. The van der Waals surface area contributed by atoms with Crippen molar-refractivity contribution in [2.45, 2.75) is 75.2 Å². The fourth-order valence-corrected chi connectivity index (χ4v) is 11.0. The van der Waals surface area contributed by atoms with Crippen LogP contribution < -0.4 is 30.9 Å². The van der Waals surface area contributed by atoms with Crippen LogP contribution in [0.25, 0.3) is 28.1 Å². The number of para-hydroxylation sites is 3. The van der Waals surface area contributed by atoms with Crippen LogP contribution in [0.4, 0.5) is 34.1 Å². The van der Waals surface area contributed by atoms with Gasteiger partial charge in [-0.15, -0.1) is 47.4 Å². The van der Waals surface area contributed by atoms with Crippen LogP contribution >= 0.6 is 0 Å². The fraction of sp³-hybridized carbons (Fsp3) is 0.186. The minimum absolute atomic E-state index is 0. The van der Waals surface area contributed by atoms with Gasteiger partial charge in [-0.2, -0.15) is 5.46 Å². The summed E-state index contributed by atoms with van der Waals surface area (Å²) in [6.07, 6.45) is 1.83. The number of imidazole rings is 1. The molecule has 0 amide bonds. The summed E-state index contributed by atoms with van der Waals surface area (Å²) in [4.78, 5) is 15.0. The van der Waals surface area contributed by atoms with Crippen molar-refractivity contribution < 1.29 is 25.8 Å².